The maximum Gasteiger partial charge on any atom is 0.254 e. The Kier molecular flexibility index (Phi) is 4.37. The Morgan fingerprint density at radius 3 is 2.54 bits per heavy atom. The number of fused-ring (bicyclic) bond motifs is 1. The van der Waals surface area contributed by atoms with Crippen LogP contribution in [0.4, 0.5) is 0 Å². The van der Waals surface area contributed by atoms with Crippen LogP contribution >= 0.6 is 0 Å². The van der Waals surface area contributed by atoms with Crippen LogP contribution in [-0.4, -0.2) is 34.1 Å². The number of carbonyl (C=O) groups is 1. The van der Waals surface area contributed by atoms with Crippen LogP contribution in [0.5, 0.6) is 0 Å². The van der Waals surface area contributed by atoms with Gasteiger partial charge < -0.3 is 4.90 Å². The normalized spacial score (nSPS) is 18.1. The summed E-state index contributed by atoms with van der Waals surface area (Å²) in [6, 6.07) is 7.99. The number of aryl methyl sites for hydroxylation is 1. The second kappa shape index (κ2) is 6.80. The number of aromatic nitrogens is 2. The Hall–Kier alpha value is -2.10. The van der Waals surface area contributed by atoms with Gasteiger partial charge in [-0.15, -0.1) is 0 Å². The first-order chi connectivity index (χ1) is 11.8. The summed E-state index contributed by atoms with van der Waals surface area (Å²) in [5.41, 5.74) is 5.36. The van der Waals surface area contributed by atoms with E-state index in [2.05, 4.69) is 16.3 Å². The molecule has 1 aliphatic carbocycles. The maximum atomic E-state index is 13.1. The number of rotatable bonds is 2. The average molecular weight is 323 g/mol. The second-order valence-corrected chi connectivity index (χ2v) is 6.99. The van der Waals surface area contributed by atoms with Crippen molar-refractivity contribution < 1.29 is 4.79 Å². The molecule has 1 aromatic heterocycles. The molecular weight excluding hydrogens is 298 g/mol. The Bertz CT molecular complexity index is 726. The van der Waals surface area contributed by atoms with E-state index in [-0.39, 0.29) is 5.91 Å². The van der Waals surface area contributed by atoms with Crippen molar-refractivity contribution in [1.29, 1.82) is 0 Å². The van der Waals surface area contributed by atoms with Gasteiger partial charge in [0.25, 0.3) is 5.91 Å². The van der Waals surface area contributed by atoms with E-state index >= 15 is 0 Å². The predicted molar refractivity (Wildman–Crippen MR) is 95.0 cm³/mol. The lowest BCUT2D eigenvalue weighted by Gasteiger charge is -2.22. The van der Waals surface area contributed by atoms with Crippen molar-refractivity contribution >= 4 is 5.91 Å². The maximum absolute atomic E-state index is 13.1. The molecule has 1 fully saturated rings. The van der Waals surface area contributed by atoms with Crippen LogP contribution in [0.3, 0.4) is 0 Å². The fraction of sp³-hybridized carbons (Fsp3) is 0.500. The number of carbonyl (C=O) groups excluding carboxylic acids is 1. The molecule has 1 N–H and O–H groups in total. The molecule has 0 radical (unpaired) electrons. The van der Waals surface area contributed by atoms with Crippen molar-refractivity contribution in [3.8, 4) is 11.3 Å². The summed E-state index contributed by atoms with van der Waals surface area (Å²) in [7, 11) is 0. The van der Waals surface area contributed by atoms with Crippen LogP contribution in [0.2, 0.25) is 0 Å². The summed E-state index contributed by atoms with van der Waals surface area (Å²) in [5, 5.41) is 7.78. The van der Waals surface area contributed by atoms with E-state index in [4.69, 9.17) is 0 Å². The van der Waals surface area contributed by atoms with Crippen molar-refractivity contribution in [3.63, 3.8) is 0 Å². The summed E-state index contributed by atoms with van der Waals surface area (Å²) in [5.74, 6) is 0.167. The zero-order valence-electron chi connectivity index (χ0n) is 14.2. The quantitative estimate of drug-likeness (QED) is 0.909. The van der Waals surface area contributed by atoms with Gasteiger partial charge >= 0.3 is 0 Å². The van der Waals surface area contributed by atoms with Gasteiger partial charge in [-0.05, 0) is 44.6 Å². The lowest BCUT2D eigenvalue weighted by atomic mass is 9.92. The number of benzene rings is 1. The predicted octanol–water partition coefficient (Wildman–Crippen LogP) is 3.97. The van der Waals surface area contributed by atoms with Crippen LogP contribution in [-0.2, 0) is 12.8 Å². The highest BCUT2D eigenvalue weighted by molar-refractivity contribution is 6.00. The fourth-order valence-electron chi connectivity index (χ4n) is 4.02. The van der Waals surface area contributed by atoms with Crippen molar-refractivity contribution in [2.24, 2.45) is 0 Å². The first-order valence-electron chi connectivity index (χ1n) is 9.29. The Morgan fingerprint density at radius 1 is 0.958 bits per heavy atom. The van der Waals surface area contributed by atoms with E-state index < -0.39 is 0 Å². The molecule has 1 amide bonds. The van der Waals surface area contributed by atoms with E-state index in [1.807, 2.05) is 23.1 Å². The molecule has 0 spiro atoms. The zero-order chi connectivity index (χ0) is 16.4. The number of hydrogen-bond donors (Lipinski definition) is 1. The van der Waals surface area contributed by atoms with Gasteiger partial charge in [-0.3, -0.25) is 9.89 Å². The highest BCUT2D eigenvalue weighted by Crippen LogP contribution is 2.32. The first-order valence-corrected chi connectivity index (χ1v) is 9.29. The minimum Gasteiger partial charge on any atom is -0.339 e. The zero-order valence-corrected chi connectivity index (χ0v) is 14.2. The number of nitrogens with one attached hydrogen (secondary N) is 1. The van der Waals surface area contributed by atoms with Gasteiger partial charge in [0.2, 0.25) is 0 Å². The SMILES string of the molecule is O=C(c1ccccc1-c1n[nH]c2c1CCCC2)N1CCCCCC1. The lowest BCUT2D eigenvalue weighted by molar-refractivity contribution is 0.0762. The van der Waals surface area contributed by atoms with E-state index in [0.29, 0.717) is 0 Å². The second-order valence-electron chi connectivity index (χ2n) is 6.99. The smallest absolute Gasteiger partial charge is 0.254 e. The Labute approximate surface area is 143 Å². The summed E-state index contributed by atoms with van der Waals surface area (Å²) in [4.78, 5) is 15.2. The van der Waals surface area contributed by atoms with E-state index in [9.17, 15) is 4.79 Å². The number of aromatic amines is 1. The van der Waals surface area contributed by atoms with Gasteiger partial charge in [-0.1, -0.05) is 31.0 Å². The Balaban J connectivity index is 1.70. The summed E-state index contributed by atoms with van der Waals surface area (Å²) >= 11 is 0. The molecule has 4 rings (SSSR count). The lowest BCUT2D eigenvalue weighted by Crippen LogP contribution is -2.32. The topological polar surface area (TPSA) is 49.0 Å². The van der Waals surface area contributed by atoms with Crippen LogP contribution in [0.25, 0.3) is 11.3 Å². The molecule has 0 saturated carbocycles. The number of likely N-dealkylation sites (tertiary alicyclic amines) is 1. The molecule has 126 valence electrons. The van der Waals surface area contributed by atoms with Gasteiger partial charge in [-0.2, -0.15) is 5.10 Å². The molecule has 1 saturated heterocycles. The molecule has 0 unspecified atom stereocenters. The van der Waals surface area contributed by atoms with Crippen LogP contribution in [0.15, 0.2) is 24.3 Å². The minimum absolute atomic E-state index is 0.167. The van der Waals surface area contributed by atoms with Crippen LogP contribution in [0, 0.1) is 0 Å². The van der Waals surface area contributed by atoms with Crippen LogP contribution in [0.1, 0.15) is 60.1 Å². The van der Waals surface area contributed by atoms with E-state index in [0.717, 1.165) is 55.6 Å². The molecule has 2 heterocycles. The fourth-order valence-corrected chi connectivity index (χ4v) is 4.02. The van der Waals surface area contributed by atoms with Gasteiger partial charge in [0.15, 0.2) is 0 Å². The average Bonchev–Trinajstić information content (AvgIpc) is 2.87. The van der Waals surface area contributed by atoms with Gasteiger partial charge in [0, 0.05) is 35.5 Å². The standard InChI is InChI=1S/C20H25N3O/c24-20(23-13-7-1-2-8-14-23)16-10-4-3-9-15(16)19-17-11-5-6-12-18(17)21-22-19/h3-4,9-10H,1-2,5-8,11-14H2,(H,21,22). The molecule has 0 atom stereocenters. The molecule has 4 heteroatoms. The number of amides is 1. The van der Waals surface area contributed by atoms with Gasteiger partial charge in [0.1, 0.15) is 0 Å². The summed E-state index contributed by atoms with van der Waals surface area (Å²) in [6.45, 7) is 1.76. The van der Waals surface area contributed by atoms with Crippen molar-refractivity contribution in [2.75, 3.05) is 13.1 Å². The summed E-state index contributed by atoms with van der Waals surface area (Å²) < 4.78 is 0. The first kappa shape index (κ1) is 15.4. The highest BCUT2D eigenvalue weighted by atomic mass is 16.2. The highest BCUT2D eigenvalue weighted by Gasteiger charge is 2.24. The third-order valence-electron chi connectivity index (χ3n) is 5.36. The molecule has 2 aromatic rings. The largest absolute Gasteiger partial charge is 0.339 e. The molecule has 2 aliphatic rings. The third-order valence-corrected chi connectivity index (χ3v) is 5.36. The monoisotopic (exact) mass is 323 g/mol. The van der Waals surface area contributed by atoms with Gasteiger partial charge in [0.05, 0.1) is 5.69 Å². The molecule has 1 aliphatic heterocycles. The van der Waals surface area contributed by atoms with E-state index in [1.165, 1.54) is 36.9 Å². The molecular formula is C20H25N3O. The molecule has 0 bridgehead atoms. The molecule has 4 nitrogen and oxygen atoms in total. The number of hydrogen-bond acceptors (Lipinski definition) is 2. The molecule has 1 aromatic carbocycles. The minimum atomic E-state index is 0.167. The summed E-state index contributed by atoms with van der Waals surface area (Å²) in [6.07, 6.45) is 9.27. The van der Waals surface area contributed by atoms with Crippen molar-refractivity contribution in [1.82, 2.24) is 15.1 Å². The molecule has 24 heavy (non-hydrogen) atoms. The Morgan fingerprint density at radius 2 is 1.71 bits per heavy atom. The third kappa shape index (κ3) is 2.85. The van der Waals surface area contributed by atoms with Crippen molar-refractivity contribution in [3.05, 3.63) is 41.1 Å². The van der Waals surface area contributed by atoms with Gasteiger partial charge in [-0.25, -0.2) is 0 Å². The number of H-pyrrole nitrogens is 1. The van der Waals surface area contributed by atoms with E-state index in [1.54, 1.807) is 0 Å². The van der Waals surface area contributed by atoms with Crippen molar-refractivity contribution in [2.45, 2.75) is 51.4 Å². The number of nitrogens with zero attached hydrogens (tertiary/aromatic N) is 2. The van der Waals surface area contributed by atoms with Crippen LogP contribution < -0.4 is 0 Å².